The first-order valence-corrected chi connectivity index (χ1v) is 6.97. The largest absolute Gasteiger partial charge is 0.381 e. The molecule has 0 bridgehead atoms. The zero-order valence-electron chi connectivity index (χ0n) is 9.53. The van der Waals surface area contributed by atoms with Gasteiger partial charge >= 0.3 is 0 Å². The topological polar surface area (TPSA) is 81.4 Å². The Bertz CT molecular complexity index is 242. The summed E-state index contributed by atoms with van der Waals surface area (Å²) in [7, 11) is -3.22. The van der Waals surface area contributed by atoms with Gasteiger partial charge in [-0.3, -0.25) is 0 Å². The van der Waals surface area contributed by atoms with Gasteiger partial charge in [-0.05, 0) is 13.3 Å². The van der Waals surface area contributed by atoms with E-state index in [1.165, 1.54) is 0 Å². The fourth-order valence-electron chi connectivity index (χ4n) is 1.09. The SMILES string of the molecule is CCCC(N)CNS(=O)(=O)CCOCC. The van der Waals surface area contributed by atoms with Crippen molar-refractivity contribution < 1.29 is 13.2 Å². The van der Waals surface area contributed by atoms with Gasteiger partial charge in [0.05, 0.1) is 12.4 Å². The summed E-state index contributed by atoms with van der Waals surface area (Å²) in [5.74, 6) is -0.000313. The Morgan fingerprint density at radius 2 is 2.07 bits per heavy atom. The second-order valence-electron chi connectivity index (χ2n) is 3.41. The molecule has 0 aromatic carbocycles. The van der Waals surface area contributed by atoms with Crippen LogP contribution in [0.5, 0.6) is 0 Å². The van der Waals surface area contributed by atoms with Crippen molar-refractivity contribution in [1.29, 1.82) is 0 Å². The molecule has 0 aromatic rings. The second-order valence-corrected chi connectivity index (χ2v) is 5.34. The van der Waals surface area contributed by atoms with Crippen molar-refractivity contribution in [3.8, 4) is 0 Å². The number of hydrogen-bond acceptors (Lipinski definition) is 4. The van der Waals surface area contributed by atoms with E-state index in [9.17, 15) is 8.42 Å². The highest BCUT2D eigenvalue weighted by atomic mass is 32.2. The van der Waals surface area contributed by atoms with Crippen LogP contribution in [0.3, 0.4) is 0 Å². The van der Waals surface area contributed by atoms with Gasteiger partial charge in [-0.2, -0.15) is 0 Å². The zero-order valence-corrected chi connectivity index (χ0v) is 10.3. The number of nitrogens with one attached hydrogen (secondary N) is 1. The summed E-state index contributed by atoms with van der Waals surface area (Å²) in [6.45, 7) is 4.92. The number of ether oxygens (including phenoxy) is 1. The van der Waals surface area contributed by atoms with E-state index >= 15 is 0 Å². The van der Waals surface area contributed by atoms with Crippen LogP contribution in [0.4, 0.5) is 0 Å². The summed E-state index contributed by atoms with van der Waals surface area (Å²) in [5, 5.41) is 0. The highest BCUT2D eigenvalue weighted by Gasteiger charge is 2.11. The van der Waals surface area contributed by atoms with Gasteiger partial charge in [-0.15, -0.1) is 0 Å². The first-order valence-electron chi connectivity index (χ1n) is 5.32. The molecule has 6 heteroatoms. The molecule has 0 saturated carbocycles. The lowest BCUT2D eigenvalue weighted by atomic mass is 10.2. The summed E-state index contributed by atoms with van der Waals surface area (Å²) in [5.41, 5.74) is 5.69. The van der Waals surface area contributed by atoms with Crippen molar-refractivity contribution in [2.24, 2.45) is 5.73 Å². The van der Waals surface area contributed by atoms with E-state index in [0.29, 0.717) is 13.2 Å². The zero-order chi connectivity index (χ0) is 11.7. The Morgan fingerprint density at radius 3 is 2.60 bits per heavy atom. The van der Waals surface area contributed by atoms with Crippen LogP contribution < -0.4 is 10.5 Å². The Morgan fingerprint density at radius 1 is 1.40 bits per heavy atom. The lowest BCUT2D eigenvalue weighted by molar-refractivity contribution is 0.163. The third-order valence-corrected chi connectivity index (χ3v) is 3.24. The first-order chi connectivity index (χ1) is 7.02. The Balaban J connectivity index is 3.73. The van der Waals surface area contributed by atoms with Gasteiger partial charge in [0.1, 0.15) is 0 Å². The van der Waals surface area contributed by atoms with Crippen molar-refractivity contribution in [2.75, 3.05) is 25.5 Å². The minimum absolute atomic E-state index is 0.000313. The van der Waals surface area contributed by atoms with Crippen molar-refractivity contribution >= 4 is 10.0 Å². The number of sulfonamides is 1. The number of hydrogen-bond donors (Lipinski definition) is 2. The van der Waals surface area contributed by atoms with Crippen LogP contribution >= 0.6 is 0 Å². The average molecular weight is 238 g/mol. The molecule has 0 rings (SSSR count). The molecule has 0 aliphatic rings. The molecule has 0 aliphatic carbocycles. The molecule has 0 radical (unpaired) electrons. The van der Waals surface area contributed by atoms with Gasteiger partial charge in [0.2, 0.25) is 10.0 Å². The van der Waals surface area contributed by atoms with E-state index in [-0.39, 0.29) is 18.4 Å². The van der Waals surface area contributed by atoms with Gasteiger partial charge in [0.25, 0.3) is 0 Å². The van der Waals surface area contributed by atoms with Gasteiger partial charge < -0.3 is 10.5 Å². The molecule has 0 amide bonds. The Kier molecular flexibility index (Phi) is 7.95. The highest BCUT2D eigenvalue weighted by Crippen LogP contribution is 1.93. The molecule has 92 valence electrons. The van der Waals surface area contributed by atoms with Crippen LogP contribution in [0.2, 0.25) is 0 Å². The van der Waals surface area contributed by atoms with Crippen molar-refractivity contribution in [2.45, 2.75) is 32.7 Å². The minimum atomic E-state index is -3.22. The fraction of sp³-hybridized carbons (Fsp3) is 1.00. The molecule has 1 atom stereocenters. The fourth-order valence-corrected chi connectivity index (χ4v) is 2.04. The van der Waals surface area contributed by atoms with Gasteiger partial charge in [-0.25, -0.2) is 13.1 Å². The second kappa shape index (κ2) is 8.04. The summed E-state index contributed by atoms with van der Waals surface area (Å²) in [4.78, 5) is 0. The van der Waals surface area contributed by atoms with Gasteiger partial charge in [0.15, 0.2) is 0 Å². The molecule has 0 fully saturated rings. The van der Waals surface area contributed by atoms with Gasteiger partial charge in [0, 0.05) is 19.2 Å². The highest BCUT2D eigenvalue weighted by molar-refractivity contribution is 7.89. The van der Waals surface area contributed by atoms with Crippen LogP contribution in [0.15, 0.2) is 0 Å². The van der Waals surface area contributed by atoms with Crippen LogP contribution in [0, 0.1) is 0 Å². The summed E-state index contributed by atoms with van der Waals surface area (Å²) in [6, 6.07) is -0.100. The number of nitrogens with two attached hydrogens (primary N) is 1. The third-order valence-electron chi connectivity index (χ3n) is 1.93. The molecule has 0 aromatic heterocycles. The maximum absolute atomic E-state index is 11.4. The molecule has 1 unspecified atom stereocenters. The number of rotatable bonds is 9. The third kappa shape index (κ3) is 8.80. The molecular formula is C9H22N2O3S. The quantitative estimate of drug-likeness (QED) is 0.557. The van der Waals surface area contributed by atoms with Crippen molar-refractivity contribution in [3.63, 3.8) is 0 Å². The minimum Gasteiger partial charge on any atom is -0.381 e. The van der Waals surface area contributed by atoms with Crippen LogP contribution in [-0.4, -0.2) is 40.0 Å². The molecule has 0 saturated heterocycles. The predicted octanol–water partition coefficient (Wildman–Crippen LogP) is 0.0697. The van der Waals surface area contributed by atoms with E-state index in [1.54, 1.807) is 0 Å². The predicted molar refractivity (Wildman–Crippen MR) is 61.2 cm³/mol. The molecule has 15 heavy (non-hydrogen) atoms. The molecular weight excluding hydrogens is 216 g/mol. The Labute approximate surface area is 92.4 Å². The Hall–Kier alpha value is -0.170. The van der Waals surface area contributed by atoms with E-state index in [4.69, 9.17) is 10.5 Å². The summed E-state index contributed by atoms with van der Waals surface area (Å²) in [6.07, 6.45) is 1.79. The molecule has 0 spiro atoms. The van der Waals surface area contributed by atoms with E-state index in [2.05, 4.69) is 4.72 Å². The van der Waals surface area contributed by atoms with Crippen molar-refractivity contribution in [3.05, 3.63) is 0 Å². The lowest BCUT2D eigenvalue weighted by Gasteiger charge is -2.11. The molecule has 5 nitrogen and oxygen atoms in total. The molecule has 3 N–H and O–H groups in total. The maximum atomic E-state index is 11.4. The van der Waals surface area contributed by atoms with E-state index in [0.717, 1.165) is 12.8 Å². The normalized spacial score (nSPS) is 14.1. The molecule has 0 aliphatic heterocycles. The summed E-state index contributed by atoms with van der Waals surface area (Å²) >= 11 is 0. The summed E-state index contributed by atoms with van der Waals surface area (Å²) < 4.78 is 30.2. The maximum Gasteiger partial charge on any atom is 0.213 e. The molecule has 0 heterocycles. The van der Waals surface area contributed by atoms with Crippen molar-refractivity contribution in [1.82, 2.24) is 4.72 Å². The van der Waals surface area contributed by atoms with E-state index in [1.807, 2.05) is 13.8 Å². The van der Waals surface area contributed by atoms with Crippen LogP contribution in [-0.2, 0) is 14.8 Å². The monoisotopic (exact) mass is 238 g/mol. The van der Waals surface area contributed by atoms with Gasteiger partial charge in [-0.1, -0.05) is 13.3 Å². The van der Waals surface area contributed by atoms with E-state index < -0.39 is 10.0 Å². The lowest BCUT2D eigenvalue weighted by Crippen LogP contribution is -2.38. The van der Waals surface area contributed by atoms with Crippen LogP contribution in [0.25, 0.3) is 0 Å². The smallest absolute Gasteiger partial charge is 0.213 e. The standard InChI is InChI=1S/C9H22N2O3S/c1-3-5-9(10)8-11-15(12,13)7-6-14-4-2/h9,11H,3-8,10H2,1-2H3. The van der Waals surface area contributed by atoms with Crippen LogP contribution in [0.1, 0.15) is 26.7 Å². The average Bonchev–Trinajstić information content (AvgIpc) is 2.16. The first kappa shape index (κ1) is 14.8.